The smallest absolute Gasteiger partial charge is 0.169 e. The minimum atomic E-state index is -3.16. The quantitative estimate of drug-likeness (QED) is 0.665. The molecule has 1 fully saturated rings. The van der Waals surface area contributed by atoms with Gasteiger partial charge in [0.1, 0.15) is 0 Å². The third-order valence-corrected chi connectivity index (χ3v) is 4.85. The average molecular weight is 187 g/mol. The second-order valence-corrected chi connectivity index (χ2v) is 6.13. The molecule has 4 heteroatoms. The molecule has 0 aromatic heterocycles. The van der Waals surface area contributed by atoms with Crippen molar-refractivity contribution in [1.29, 1.82) is 5.26 Å². The molecule has 1 aliphatic carbocycles. The third kappa shape index (κ3) is 1.46. The number of rotatable bonds is 3. The van der Waals surface area contributed by atoms with Crippen molar-refractivity contribution in [2.45, 2.75) is 31.4 Å². The monoisotopic (exact) mass is 187 g/mol. The van der Waals surface area contributed by atoms with Crippen molar-refractivity contribution < 1.29 is 8.42 Å². The van der Waals surface area contributed by atoms with E-state index in [0.717, 1.165) is 0 Å². The molecule has 0 N–H and O–H groups in total. The van der Waals surface area contributed by atoms with Crippen molar-refractivity contribution in [1.82, 2.24) is 0 Å². The first-order valence-electron chi connectivity index (χ1n) is 4.07. The lowest BCUT2D eigenvalue weighted by molar-refractivity contribution is 0.574. The van der Waals surface area contributed by atoms with Crippen molar-refractivity contribution in [3.8, 4) is 6.07 Å². The summed E-state index contributed by atoms with van der Waals surface area (Å²) in [4.78, 5) is 0. The highest BCUT2D eigenvalue weighted by Crippen LogP contribution is 2.43. The Morgan fingerprint density at radius 3 is 2.25 bits per heavy atom. The fourth-order valence-electron chi connectivity index (χ4n) is 1.20. The summed E-state index contributed by atoms with van der Waals surface area (Å²) < 4.78 is 22.1. The van der Waals surface area contributed by atoms with Crippen LogP contribution < -0.4 is 0 Å². The molecule has 0 saturated heterocycles. The van der Waals surface area contributed by atoms with Crippen LogP contribution in [0.1, 0.15) is 26.7 Å². The standard InChI is InChI=1S/C8H13NO2S/c1-7(2)5-12(10,11)8(6-9)3-4-8/h7H,3-5H2,1-2H3. The van der Waals surface area contributed by atoms with Gasteiger partial charge in [0.2, 0.25) is 0 Å². The molecule has 0 spiro atoms. The molecule has 0 aromatic rings. The zero-order chi connectivity index (χ0) is 9.41. The molecule has 68 valence electrons. The summed E-state index contributed by atoms with van der Waals surface area (Å²) in [5.74, 6) is 0.251. The maximum Gasteiger partial charge on any atom is 0.169 e. The topological polar surface area (TPSA) is 57.9 Å². The van der Waals surface area contributed by atoms with Gasteiger partial charge in [-0.05, 0) is 18.8 Å². The van der Waals surface area contributed by atoms with Gasteiger partial charge < -0.3 is 0 Å². The largest absolute Gasteiger partial charge is 0.227 e. The molecule has 3 nitrogen and oxygen atoms in total. The Balaban J connectivity index is 2.82. The van der Waals surface area contributed by atoms with Crippen LogP contribution >= 0.6 is 0 Å². The fourth-order valence-corrected chi connectivity index (χ4v) is 3.26. The van der Waals surface area contributed by atoms with Gasteiger partial charge in [-0.1, -0.05) is 13.8 Å². The van der Waals surface area contributed by atoms with Crippen LogP contribution in [0.2, 0.25) is 0 Å². The minimum absolute atomic E-state index is 0.112. The first-order chi connectivity index (χ1) is 5.43. The predicted molar refractivity (Wildman–Crippen MR) is 46.2 cm³/mol. The van der Waals surface area contributed by atoms with Gasteiger partial charge in [-0.15, -0.1) is 0 Å². The summed E-state index contributed by atoms with van der Waals surface area (Å²) >= 11 is 0. The van der Waals surface area contributed by atoms with E-state index in [0.29, 0.717) is 12.8 Å². The molecule has 1 saturated carbocycles. The molecule has 0 aliphatic heterocycles. The Kier molecular flexibility index (Phi) is 2.17. The highest BCUT2D eigenvalue weighted by Gasteiger charge is 2.54. The van der Waals surface area contributed by atoms with Gasteiger partial charge >= 0.3 is 0 Å². The highest BCUT2D eigenvalue weighted by molar-refractivity contribution is 7.93. The maximum atomic E-state index is 11.5. The van der Waals surface area contributed by atoms with Crippen molar-refractivity contribution in [2.75, 3.05) is 5.75 Å². The summed E-state index contributed by atoms with van der Waals surface area (Å²) in [6.45, 7) is 3.70. The number of nitrogens with zero attached hydrogens (tertiary/aromatic N) is 1. The van der Waals surface area contributed by atoms with Crippen LogP contribution in [-0.2, 0) is 9.84 Å². The van der Waals surface area contributed by atoms with E-state index in [1.54, 1.807) is 0 Å². The van der Waals surface area contributed by atoms with Gasteiger partial charge in [-0.25, -0.2) is 8.42 Å². The summed E-state index contributed by atoms with van der Waals surface area (Å²) in [6, 6.07) is 1.91. The lowest BCUT2D eigenvalue weighted by Gasteiger charge is -2.09. The predicted octanol–water partition coefficient (Wildman–Crippen LogP) is 1.11. The van der Waals surface area contributed by atoms with Crippen molar-refractivity contribution in [3.63, 3.8) is 0 Å². The Labute approximate surface area is 73.3 Å². The van der Waals surface area contributed by atoms with Crippen LogP contribution in [0.3, 0.4) is 0 Å². The number of hydrogen-bond acceptors (Lipinski definition) is 3. The fraction of sp³-hybridized carbons (Fsp3) is 0.875. The van der Waals surface area contributed by atoms with Crippen LogP contribution in [-0.4, -0.2) is 18.9 Å². The second kappa shape index (κ2) is 2.74. The van der Waals surface area contributed by atoms with Gasteiger partial charge in [-0.2, -0.15) is 5.26 Å². The normalized spacial score (nSPS) is 20.5. The van der Waals surface area contributed by atoms with Gasteiger partial charge in [0.15, 0.2) is 14.6 Å². The average Bonchev–Trinajstić information content (AvgIpc) is 2.62. The van der Waals surface area contributed by atoms with E-state index in [1.165, 1.54) is 0 Å². The van der Waals surface area contributed by atoms with Crippen LogP contribution in [0, 0.1) is 17.2 Å². The molecular weight excluding hydrogens is 174 g/mol. The van der Waals surface area contributed by atoms with Crippen LogP contribution in [0.25, 0.3) is 0 Å². The molecular formula is C8H13NO2S. The first kappa shape index (κ1) is 9.53. The lowest BCUT2D eigenvalue weighted by atomic mass is 10.3. The van der Waals surface area contributed by atoms with Crippen LogP contribution in [0.4, 0.5) is 0 Å². The first-order valence-corrected chi connectivity index (χ1v) is 5.72. The second-order valence-electron chi connectivity index (χ2n) is 3.78. The Bertz CT molecular complexity index is 306. The van der Waals surface area contributed by atoms with Crippen LogP contribution in [0.15, 0.2) is 0 Å². The van der Waals surface area contributed by atoms with E-state index in [4.69, 9.17) is 5.26 Å². The van der Waals surface area contributed by atoms with E-state index in [2.05, 4.69) is 0 Å². The van der Waals surface area contributed by atoms with E-state index >= 15 is 0 Å². The summed E-state index contributed by atoms with van der Waals surface area (Å²) in [6.07, 6.45) is 1.05. The van der Waals surface area contributed by atoms with E-state index in [1.807, 2.05) is 19.9 Å². The zero-order valence-corrected chi connectivity index (χ0v) is 8.19. The van der Waals surface area contributed by atoms with Crippen molar-refractivity contribution >= 4 is 9.84 Å². The Morgan fingerprint density at radius 2 is 2.00 bits per heavy atom. The summed E-state index contributed by atoms with van der Waals surface area (Å²) in [5, 5.41) is 8.68. The third-order valence-electron chi connectivity index (χ3n) is 2.06. The van der Waals surface area contributed by atoms with Gasteiger partial charge in [0.05, 0.1) is 11.8 Å². The number of hydrogen-bond donors (Lipinski definition) is 0. The molecule has 0 bridgehead atoms. The molecule has 0 heterocycles. The SMILES string of the molecule is CC(C)CS(=O)(=O)C1(C#N)CC1. The molecule has 0 unspecified atom stereocenters. The maximum absolute atomic E-state index is 11.5. The van der Waals surface area contributed by atoms with E-state index < -0.39 is 14.6 Å². The lowest BCUT2D eigenvalue weighted by Crippen LogP contribution is -2.26. The van der Waals surface area contributed by atoms with E-state index in [-0.39, 0.29) is 11.7 Å². The molecule has 12 heavy (non-hydrogen) atoms. The van der Waals surface area contributed by atoms with Crippen LogP contribution in [0.5, 0.6) is 0 Å². The molecule has 0 atom stereocenters. The van der Waals surface area contributed by atoms with Gasteiger partial charge in [0, 0.05) is 0 Å². The molecule has 1 rings (SSSR count). The van der Waals surface area contributed by atoms with E-state index in [9.17, 15) is 8.42 Å². The minimum Gasteiger partial charge on any atom is -0.227 e. The van der Waals surface area contributed by atoms with Crippen molar-refractivity contribution in [3.05, 3.63) is 0 Å². The Hall–Kier alpha value is -0.560. The number of sulfone groups is 1. The molecule has 0 amide bonds. The van der Waals surface area contributed by atoms with Gasteiger partial charge in [0.25, 0.3) is 0 Å². The summed E-state index contributed by atoms with van der Waals surface area (Å²) in [7, 11) is -3.16. The molecule has 0 aromatic carbocycles. The summed E-state index contributed by atoms with van der Waals surface area (Å²) in [5.41, 5.74) is 0. The Morgan fingerprint density at radius 1 is 1.50 bits per heavy atom. The number of nitriles is 1. The van der Waals surface area contributed by atoms with Crippen molar-refractivity contribution in [2.24, 2.45) is 5.92 Å². The zero-order valence-electron chi connectivity index (χ0n) is 7.37. The molecule has 1 aliphatic rings. The highest BCUT2D eigenvalue weighted by atomic mass is 32.2. The van der Waals surface area contributed by atoms with Gasteiger partial charge in [-0.3, -0.25) is 0 Å². The molecule has 0 radical (unpaired) electrons.